The van der Waals surface area contributed by atoms with Gasteiger partial charge in [-0.3, -0.25) is 0 Å². The Morgan fingerprint density at radius 2 is 2.00 bits per heavy atom. The Morgan fingerprint density at radius 3 is 2.53 bits per heavy atom. The molecule has 0 aliphatic carbocycles. The Morgan fingerprint density at radius 1 is 1.26 bits per heavy atom. The second kappa shape index (κ2) is 5.26. The van der Waals surface area contributed by atoms with Crippen LogP contribution in [0.3, 0.4) is 0 Å². The predicted molar refractivity (Wildman–Crippen MR) is 76.9 cm³/mol. The van der Waals surface area contributed by atoms with Crippen molar-refractivity contribution in [3.8, 4) is 11.5 Å². The number of aryl methyl sites for hydroxylation is 1. The summed E-state index contributed by atoms with van der Waals surface area (Å²) in [6.45, 7) is 4.94. The lowest BCUT2D eigenvalue weighted by atomic mass is 10.2. The number of anilines is 1. The minimum absolute atomic E-state index is 0.147. The zero-order valence-corrected chi connectivity index (χ0v) is 11.8. The largest absolute Gasteiger partial charge is 0.504 e. The highest BCUT2D eigenvalue weighted by Crippen LogP contribution is 2.28. The van der Waals surface area contributed by atoms with Crippen LogP contribution >= 0.6 is 0 Å². The fourth-order valence-electron chi connectivity index (χ4n) is 2.11. The lowest BCUT2D eigenvalue weighted by molar-refractivity contribution is 0.373. The number of aromatic hydroxyl groups is 1. The van der Waals surface area contributed by atoms with Crippen molar-refractivity contribution in [2.45, 2.75) is 20.4 Å². The number of aromatic nitrogens is 1. The number of nitrogens with one attached hydrogen (secondary N) is 1. The monoisotopic (exact) mass is 260 g/mol. The van der Waals surface area contributed by atoms with E-state index in [-0.39, 0.29) is 5.75 Å². The number of methoxy groups -OCH3 is 1. The quantitative estimate of drug-likeness (QED) is 0.888. The summed E-state index contributed by atoms with van der Waals surface area (Å²) in [6, 6.07) is 7.49. The van der Waals surface area contributed by atoms with Gasteiger partial charge in [-0.05, 0) is 37.6 Å². The molecule has 0 bridgehead atoms. The fraction of sp³-hybridized carbons (Fsp3) is 0.333. The number of phenolic OH excluding ortho intramolecular Hbond substituents is 1. The molecule has 1 aromatic heterocycles. The van der Waals surface area contributed by atoms with Gasteiger partial charge in [0.15, 0.2) is 11.5 Å². The van der Waals surface area contributed by atoms with E-state index >= 15 is 0 Å². The number of nitrogens with zero attached hydrogens (tertiary/aromatic N) is 1. The second-order valence-electron chi connectivity index (χ2n) is 4.70. The Kier molecular flexibility index (Phi) is 3.69. The van der Waals surface area contributed by atoms with Crippen molar-refractivity contribution in [3.05, 3.63) is 41.2 Å². The molecule has 0 spiro atoms. The average Bonchev–Trinajstić information content (AvgIpc) is 2.64. The van der Waals surface area contributed by atoms with Crippen molar-refractivity contribution < 1.29 is 9.84 Å². The van der Waals surface area contributed by atoms with Gasteiger partial charge in [-0.25, -0.2) is 0 Å². The Labute approximate surface area is 113 Å². The van der Waals surface area contributed by atoms with Crippen LogP contribution in [0, 0.1) is 13.8 Å². The zero-order valence-electron chi connectivity index (χ0n) is 11.8. The molecule has 0 atom stereocenters. The summed E-state index contributed by atoms with van der Waals surface area (Å²) in [5.41, 5.74) is 4.63. The highest BCUT2D eigenvalue weighted by Gasteiger charge is 2.06. The number of ether oxygens (including phenoxy) is 1. The van der Waals surface area contributed by atoms with Gasteiger partial charge in [-0.1, -0.05) is 0 Å². The molecule has 4 nitrogen and oxygen atoms in total. The number of hydrogen-bond donors (Lipinski definition) is 2. The van der Waals surface area contributed by atoms with E-state index in [1.807, 2.05) is 6.07 Å². The first-order valence-corrected chi connectivity index (χ1v) is 6.25. The van der Waals surface area contributed by atoms with E-state index < -0.39 is 0 Å². The lowest BCUT2D eigenvalue weighted by Gasteiger charge is -2.09. The third kappa shape index (κ3) is 2.67. The van der Waals surface area contributed by atoms with E-state index in [2.05, 4.69) is 36.8 Å². The molecule has 102 valence electrons. The molecule has 0 saturated heterocycles. The van der Waals surface area contributed by atoms with Crippen molar-refractivity contribution in [3.63, 3.8) is 0 Å². The zero-order chi connectivity index (χ0) is 14.0. The standard InChI is InChI=1S/C15H20N2O2/c1-10-7-12(11(2)17(10)3)9-16-13-5-6-15(19-4)14(18)8-13/h5-8,16,18H,9H2,1-4H3. The Hall–Kier alpha value is -2.10. The van der Waals surface area contributed by atoms with Gasteiger partial charge in [-0.2, -0.15) is 0 Å². The molecule has 0 aliphatic heterocycles. The Bertz CT molecular complexity index is 588. The summed E-state index contributed by atoms with van der Waals surface area (Å²) in [4.78, 5) is 0. The first-order valence-electron chi connectivity index (χ1n) is 6.25. The maximum absolute atomic E-state index is 9.72. The highest BCUT2D eigenvalue weighted by atomic mass is 16.5. The molecule has 0 fully saturated rings. The second-order valence-corrected chi connectivity index (χ2v) is 4.70. The first kappa shape index (κ1) is 13.3. The van der Waals surface area contributed by atoms with E-state index in [0.717, 1.165) is 12.2 Å². The van der Waals surface area contributed by atoms with Gasteiger partial charge in [0.05, 0.1) is 7.11 Å². The number of benzene rings is 1. The smallest absolute Gasteiger partial charge is 0.160 e. The number of rotatable bonds is 4. The van der Waals surface area contributed by atoms with Gasteiger partial charge in [0.1, 0.15) is 0 Å². The molecule has 0 saturated carbocycles. The fourth-order valence-corrected chi connectivity index (χ4v) is 2.11. The van der Waals surface area contributed by atoms with Gasteiger partial charge in [-0.15, -0.1) is 0 Å². The molecule has 2 rings (SSSR count). The summed E-state index contributed by atoms with van der Waals surface area (Å²) in [7, 11) is 3.60. The summed E-state index contributed by atoms with van der Waals surface area (Å²) in [6.07, 6.45) is 0. The molecule has 1 aromatic carbocycles. The van der Waals surface area contributed by atoms with Crippen LogP contribution in [0.1, 0.15) is 17.0 Å². The molecule has 0 radical (unpaired) electrons. The molecular weight excluding hydrogens is 240 g/mol. The van der Waals surface area contributed by atoms with E-state index in [1.54, 1.807) is 12.1 Å². The molecule has 2 N–H and O–H groups in total. The molecule has 4 heteroatoms. The molecule has 0 unspecified atom stereocenters. The topological polar surface area (TPSA) is 46.4 Å². The first-order chi connectivity index (χ1) is 9.02. The summed E-state index contributed by atoms with van der Waals surface area (Å²) < 4.78 is 7.19. The van der Waals surface area contributed by atoms with Crippen LogP contribution < -0.4 is 10.1 Å². The van der Waals surface area contributed by atoms with Crippen LogP contribution in [0.5, 0.6) is 11.5 Å². The minimum Gasteiger partial charge on any atom is -0.504 e. The van der Waals surface area contributed by atoms with E-state index in [1.165, 1.54) is 24.1 Å². The third-order valence-corrected chi connectivity index (χ3v) is 3.54. The van der Waals surface area contributed by atoms with Crippen LogP contribution in [0.2, 0.25) is 0 Å². The van der Waals surface area contributed by atoms with Gasteiger partial charge in [0.2, 0.25) is 0 Å². The summed E-state index contributed by atoms with van der Waals surface area (Å²) in [5, 5.41) is 13.0. The van der Waals surface area contributed by atoms with Gasteiger partial charge in [0.25, 0.3) is 0 Å². The predicted octanol–water partition coefficient (Wildman–Crippen LogP) is 2.97. The van der Waals surface area contributed by atoms with Crippen LogP contribution in [0.15, 0.2) is 24.3 Å². The SMILES string of the molecule is COc1ccc(NCc2cc(C)n(C)c2C)cc1O. The molecule has 0 aliphatic rings. The summed E-state index contributed by atoms with van der Waals surface area (Å²) in [5.74, 6) is 0.630. The third-order valence-electron chi connectivity index (χ3n) is 3.54. The van der Waals surface area contributed by atoms with Crippen molar-refractivity contribution in [2.75, 3.05) is 12.4 Å². The molecule has 2 aromatic rings. The van der Waals surface area contributed by atoms with E-state index in [4.69, 9.17) is 4.74 Å². The average molecular weight is 260 g/mol. The Balaban J connectivity index is 2.10. The van der Waals surface area contributed by atoms with Crippen LogP contribution in [-0.2, 0) is 13.6 Å². The number of phenols is 1. The maximum Gasteiger partial charge on any atom is 0.160 e. The van der Waals surface area contributed by atoms with Crippen molar-refractivity contribution in [1.82, 2.24) is 4.57 Å². The highest BCUT2D eigenvalue weighted by molar-refractivity contribution is 5.54. The van der Waals surface area contributed by atoms with E-state index in [9.17, 15) is 5.11 Å². The van der Waals surface area contributed by atoms with Gasteiger partial charge < -0.3 is 19.7 Å². The van der Waals surface area contributed by atoms with Gasteiger partial charge >= 0.3 is 0 Å². The van der Waals surface area contributed by atoms with Crippen LogP contribution in [-0.4, -0.2) is 16.8 Å². The van der Waals surface area contributed by atoms with Crippen LogP contribution in [0.25, 0.3) is 0 Å². The van der Waals surface area contributed by atoms with E-state index in [0.29, 0.717) is 5.75 Å². The number of hydrogen-bond acceptors (Lipinski definition) is 3. The van der Waals surface area contributed by atoms with Crippen LogP contribution in [0.4, 0.5) is 5.69 Å². The summed E-state index contributed by atoms with van der Waals surface area (Å²) >= 11 is 0. The molecule has 19 heavy (non-hydrogen) atoms. The van der Waals surface area contributed by atoms with Crippen molar-refractivity contribution in [2.24, 2.45) is 7.05 Å². The van der Waals surface area contributed by atoms with Crippen molar-refractivity contribution in [1.29, 1.82) is 0 Å². The lowest BCUT2D eigenvalue weighted by Crippen LogP contribution is -2.01. The molecular formula is C15H20N2O2. The minimum atomic E-state index is 0.147. The normalized spacial score (nSPS) is 10.5. The van der Waals surface area contributed by atoms with Crippen molar-refractivity contribution >= 4 is 5.69 Å². The molecule has 0 amide bonds. The maximum atomic E-state index is 9.72. The van der Waals surface area contributed by atoms with Gasteiger partial charge in [0, 0.05) is 36.7 Å². The molecule has 1 heterocycles.